The third-order valence-electron chi connectivity index (χ3n) is 3.15. The minimum atomic E-state index is 0.380. The van der Waals surface area contributed by atoms with Crippen LogP contribution in [0.5, 0.6) is 5.75 Å². The summed E-state index contributed by atoms with van der Waals surface area (Å²) in [4.78, 5) is 2.34. The molecule has 0 aliphatic heterocycles. The van der Waals surface area contributed by atoms with E-state index in [9.17, 15) is 0 Å². The number of hydrogen-bond acceptors (Lipinski definition) is 4. The molecule has 1 aromatic rings. The molecule has 116 valence electrons. The Hall–Kier alpha value is -1.54. The molecule has 0 spiro atoms. The zero-order valence-corrected chi connectivity index (χ0v) is 13.3. The predicted octanol–water partition coefficient (Wildman–Crippen LogP) is 1.73. The summed E-state index contributed by atoms with van der Waals surface area (Å²) in [5, 5.41) is 0. The van der Waals surface area contributed by atoms with Crippen LogP contribution in [0.4, 0.5) is 0 Å². The van der Waals surface area contributed by atoms with Crippen molar-refractivity contribution in [2.75, 3.05) is 40.0 Å². The molecule has 0 amide bonds. The van der Waals surface area contributed by atoms with Crippen molar-refractivity contribution in [3.05, 3.63) is 29.8 Å². The van der Waals surface area contributed by atoms with E-state index in [1.165, 1.54) is 0 Å². The van der Waals surface area contributed by atoms with Gasteiger partial charge in [-0.05, 0) is 38.1 Å². The monoisotopic (exact) mass is 290 g/mol. The summed E-state index contributed by atoms with van der Waals surface area (Å²) in [6.45, 7) is 7.95. The second-order valence-corrected chi connectivity index (χ2v) is 5.00. The zero-order valence-electron chi connectivity index (χ0n) is 13.3. The van der Waals surface area contributed by atoms with E-state index >= 15 is 0 Å². The lowest BCUT2D eigenvalue weighted by atomic mass is 10.2. The Morgan fingerprint density at radius 1 is 1.14 bits per heavy atom. The van der Waals surface area contributed by atoms with Crippen molar-refractivity contribution in [1.29, 1.82) is 0 Å². The van der Waals surface area contributed by atoms with Crippen LogP contribution < -0.4 is 10.5 Å². The summed E-state index contributed by atoms with van der Waals surface area (Å²) in [6, 6.07) is 8.26. The summed E-state index contributed by atoms with van der Waals surface area (Å²) in [5.41, 5.74) is 6.30. The van der Waals surface area contributed by atoms with Gasteiger partial charge in [0.25, 0.3) is 0 Å². The second-order valence-electron chi connectivity index (χ2n) is 5.00. The van der Waals surface area contributed by atoms with Crippen LogP contribution in [0.15, 0.2) is 24.3 Å². The molecule has 0 aliphatic carbocycles. The molecule has 0 saturated carbocycles. The fourth-order valence-corrected chi connectivity index (χ4v) is 1.91. The number of hydrogen-bond donors (Lipinski definition) is 1. The number of nitrogens with zero attached hydrogens (tertiary/aromatic N) is 1. The van der Waals surface area contributed by atoms with Crippen LogP contribution in [0.25, 0.3) is 0 Å². The highest BCUT2D eigenvalue weighted by Crippen LogP contribution is 2.11. The molecular formula is C17H26N2O2. The smallest absolute Gasteiger partial charge is 0.119 e. The normalized spacial score (nSPS) is 10.6. The molecule has 0 heterocycles. The first kappa shape index (κ1) is 17.5. The van der Waals surface area contributed by atoms with Crippen LogP contribution >= 0.6 is 0 Å². The van der Waals surface area contributed by atoms with Gasteiger partial charge in [-0.25, -0.2) is 0 Å². The van der Waals surface area contributed by atoms with Gasteiger partial charge in [0.05, 0.1) is 13.2 Å². The van der Waals surface area contributed by atoms with E-state index in [4.69, 9.17) is 15.2 Å². The first-order chi connectivity index (χ1) is 10.2. The number of ether oxygens (including phenoxy) is 2. The Labute approximate surface area is 128 Å². The minimum Gasteiger partial charge on any atom is -0.492 e. The van der Waals surface area contributed by atoms with Crippen LogP contribution in [-0.2, 0) is 4.74 Å². The number of methoxy groups -OCH3 is 1. The lowest BCUT2D eigenvalue weighted by molar-refractivity contribution is 0.116. The van der Waals surface area contributed by atoms with E-state index in [1.807, 2.05) is 24.3 Å². The van der Waals surface area contributed by atoms with Gasteiger partial charge in [0, 0.05) is 31.8 Å². The van der Waals surface area contributed by atoms with Crippen molar-refractivity contribution < 1.29 is 9.47 Å². The molecule has 4 nitrogen and oxygen atoms in total. The first-order valence-electron chi connectivity index (χ1n) is 7.32. The molecule has 1 rings (SSSR count). The highest BCUT2D eigenvalue weighted by molar-refractivity contribution is 5.38. The summed E-state index contributed by atoms with van der Waals surface area (Å²) in [6.07, 6.45) is 0. The van der Waals surface area contributed by atoms with Crippen LogP contribution in [0.2, 0.25) is 0 Å². The molecule has 0 atom stereocenters. The molecular weight excluding hydrogens is 264 g/mol. The molecule has 4 heteroatoms. The molecule has 0 radical (unpaired) electrons. The highest BCUT2D eigenvalue weighted by atomic mass is 16.5. The number of nitrogens with two attached hydrogens (primary N) is 1. The number of rotatable bonds is 8. The Bertz CT molecular complexity index is 446. The molecule has 1 aromatic carbocycles. The quantitative estimate of drug-likeness (QED) is 0.741. The SMILES string of the molecule is COCCN(CCOc1ccc(C#CCN)cc1)C(C)C. The Morgan fingerprint density at radius 3 is 2.38 bits per heavy atom. The summed E-state index contributed by atoms with van der Waals surface area (Å²) in [5.74, 6) is 6.69. The number of benzene rings is 1. The van der Waals surface area contributed by atoms with Gasteiger partial charge in [0.1, 0.15) is 12.4 Å². The predicted molar refractivity (Wildman–Crippen MR) is 86.5 cm³/mol. The van der Waals surface area contributed by atoms with Gasteiger partial charge in [0.2, 0.25) is 0 Å². The average molecular weight is 290 g/mol. The maximum absolute atomic E-state index is 5.77. The first-order valence-corrected chi connectivity index (χ1v) is 7.32. The maximum Gasteiger partial charge on any atom is 0.119 e. The van der Waals surface area contributed by atoms with Crippen molar-refractivity contribution in [1.82, 2.24) is 4.90 Å². The minimum absolute atomic E-state index is 0.380. The van der Waals surface area contributed by atoms with E-state index in [1.54, 1.807) is 7.11 Å². The maximum atomic E-state index is 5.77. The Kier molecular flexibility index (Phi) is 8.53. The van der Waals surface area contributed by atoms with Gasteiger partial charge in [-0.1, -0.05) is 11.8 Å². The molecule has 0 saturated heterocycles. The molecule has 21 heavy (non-hydrogen) atoms. The summed E-state index contributed by atoms with van der Waals surface area (Å²) < 4.78 is 10.9. The van der Waals surface area contributed by atoms with Crippen molar-refractivity contribution >= 4 is 0 Å². The third kappa shape index (κ3) is 7.14. The van der Waals surface area contributed by atoms with Crippen LogP contribution in [0, 0.1) is 11.8 Å². The van der Waals surface area contributed by atoms with Gasteiger partial charge in [-0.15, -0.1) is 0 Å². The standard InChI is InChI=1S/C17H26N2O2/c1-15(2)19(11-13-20-3)12-14-21-17-8-6-16(7-9-17)5-4-10-18/h6-9,15H,10-14,18H2,1-3H3. The van der Waals surface area contributed by atoms with Crippen LogP contribution in [0.1, 0.15) is 19.4 Å². The van der Waals surface area contributed by atoms with Gasteiger partial charge >= 0.3 is 0 Å². The van der Waals surface area contributed by atoms with Crippen molar-refractivity contribution in [2.45, 2.75) is 19.9 Å². The lowest BCUT2D eigenvalue weighted by Gasteiger charge is -2.25. The molecule has 0 aliphatic rings. The van der Waals surface area contributed by atoms with Gasteiger partial charge in [-0.3, -0.25) is 4.90 Å². The topological polar surface area (TPSA) is 47.7 Å². The van der Waals surface area contributed by atoms with E-state index in [-0.39, 0.29) is 0 Å². The Balaban J connectivity index is 2.40. The molecule has 0 aromatic heterocycles. The summed E-state index contributed by atoms with van der Waals surface area (Å²) in [7, 11) is 1.73. The van der Waals surface area contributed by atoms with Crippen LogP contribution in [-0.4, -0.2) is 50.9 Å². The van der Waals surface area contributed by atoms with Gasteiger partial charge in [-0.2, -0.15) is 0 Å². The molecule has 2 N–H and O–H groups in total. The van der Waals surface area contributed by atoms with Crippen molar-refractivity contribution in [3.8, 4) is 17.6 Å². The largest absolute Gasteiger partial charge is 0.492 e. The fraction of sp³-hybridized carbons (Fsp3) is 0.529. The van der Waals surface area contributed by atoms with Gasteiger partial charge < -0.3 is 15.2 Å². The van der Waals surface area contributed by atoms with Gasteiger partial charge in [0.15, 0.2) is 0 Å². The van der Waals surface area contributed by atoms with E-state index in [2.05, 4.69) is 30.6 Å². The van der Waals surface area contributed by atoms with E-state index in [0.717, 1.165) is 31.0 Å². The van der Waals surface area contributed by atoms with Crippen molar-refractivity contribution in [3.63, 3.8) is 0 Å². The van der Waals surface area contributed by atoms with Crippen LogP contribution in [0.3, 0.4) is 0 Å². The van der Waals surface area contributed by atoms with E-state index in [0.29, 0.717) is 19.2 Å². The molecule has 0 fully saturated rings. The van der Waals surface area contributed by atoms with E-state index < -0.39 is 0 Å². The average Bonchev–Trinajstić information content (AvgIpc) is 2.49. The molecule has 0 bridgehead atoms. The molecule has 0 unspecified atom stereocenters. The van der Waals surface area contributed by atoms with Crippen molar-refractivity contribution in [2.24, 2.45) is 5.73 Å². The zero-order chi connectivity index (χ0) is 15.5. The second kappa shape index (κ2) is 10.2. The summed E-state index contributed by atoms with van der Waals surface area (Å²) >= 11 is 0. The third-order valence-corrected chi connectivity index (χ3v) is 3.15. The fourth-order valence-electron chi connectivity index (χ4n) is 1.91. The highest BCUT2D eigenvalue weighted by Gasteiger charge is 2.08. The Morgan fingerprint density at radius 2 is 1.81 bits per heavy atom. The lowest BCUT2D eigenvalue weighted by Crippen LogP contribution is -2.37.